The first-order valence-corrected chi connectivity index (χ1v) is 9.03. The van der Waals surface area contributed by atoms with Crippen LogP contribution in [0, 0.1) is 0 Å². The highest BCUT2D eigenvalue weighted by atomic mass is 19.4. The van der Waals surface area contributed by atoms with Gasteiger partial charge in [-0.3, -0.25) is 0 Å². The summed E-state index contributed by atoms with van der Waals surface area (Å²) in [6.07, 6.45) is 0.348. The van der Waals surface area contributed by atoms with E-state index >= 15 is 0 Å². The van der Waals surface area contributed by atoms with Gasteiger partial charge in [0.25, 0.3) is 0 Å². The van der Waals surface area contributed by atoms with Gasteiger partial charge in [0.15, 0.2) is 6.61 Å². The lowest BCUT2D eigenvalue weighted by Crippen LogP contribution is -2.36. The number of amides is 2. The van der Waals surface area contributed by atoms with E-state index in [1.54, 1.807) is 30.1 Å². The molecule has 0 unspecified atom stereocenters. The zero-order valence-corrected chi connectivity index (χ0v) is 16.1. The van der Waals surface area contributed by atoms with Gasteiger partial charge in [-0.15, -0.1) is 0 Å². The topological polar surface area (TPSA) is 72.3 Å². The van der Waals surface area contributed by atoms with Crippen LogP contribution in [-0.4, -0.2) is 45.5 Å². The number of nitrogens with zero attached hydrogens (tertiary/aromatic N) is 4. The molecule has 158 valence electrons. The van der Waals surface area contributed by atoms with Crippen LogP contribution in [0.2, 0.25) is 0 Å². The number of halogens is 3. The number of urea groups is 1. The third kappa shape index (κ3) is 5.97. The Morgan fingerprint density at radius 1 is 1.20 bits per heavy atom. The van der Waals surface area contributed by atoms with E-state index < -0.39 is 18.8 Å². The lowest BCUT2D eigenvalue weighted by Gasteiger charge is -2.18. The molecular weight excluding hydrogens is 399 g/mol. The molecule has 0 spiro atoms. The Kier molecular flexibility index (Phi) is 6.55. The summed E-state index contributed by atoms with van der Waals surface area (Å²) in [5, 5.41) is 6.94. The second-order valence-corrected chi connectivity index (χ2v) is 6.52. The van der Waals surface area contributed by atoms with Crippen molar-refractivity contribution in [3.05, 3.63) is 72.2 Å². The molecule has 3 rings (SSSR count). The van der Waals surface area contributed by atoms with Crippen LogP contribution in [0.5, 0.6) is 5.88 Å². The van der Waals surface area contributed by atoms with Crippen LogP contribution in [0.25, 0.3) is 5.69 Å². The quantitative estimate of drug-likeness (QED) is 0.636. The Balaban J connectivity index is 1.55. The lowest BCUT2D eigenvalue weighted by molar-refractivity contribution is -0.154. The van der Waals surface area contributed by atoms with Crippen molar-refractivity contribution in [2.75, 3.05) is 13.7 Å². The Hall–Kier alpha value is -3.56. The van der Waals surface area contributed by atoms with Crippen LogP contribution >= 0.6 is 0 Å². The summed E-state index contributed by atoms with van der Waals surface area (Å²) in [5.74, 6) is -0.165. The van der Waals surface area contributed by atoms with Gasteiger partial charge in [0.2, 0.25) is 5.88 Å². The van der Waals surface area contributed by atoms with Gasteiger partial charge >= 0.3 is 12.2 Å². The molecule has 2 amide bonds. The minimum atomic E-state index is -4.47. The third-order valence-corrected chi connectivity index (χ3v) is 4.08. The standard InChI is InChI=1S/C20H20F3N5O2/c1-27(12-15-10-26-28(13-15)17-7-3-2-4-8-17)19(29)25-11-16-6-5-9-24-18(16)30-14-20(21,22)23/h2-10,13H,11-12,14H2,1H3,(H,25,29). The van der Waals surface area contributed by atoms with Crippen molar-refractivity contribution in [3.63, 3.8) is 0 Å². The predicted octanol–water partition coefficient (Wildman–Crippen LogP) is 3.55. The normalized spacial score (nSPS) is 11.2. The molecule has 0 aliphatic rings. The van der Waals surface area contributed by atoms with Crippen LogP contribution < -0.4 is 10.1 Å². The van der Waals surface area contributed by atoms with Crippen molar-refractivity contribution in [1.82, 2.24) is 25.0 Å². The maximum absolute atomic E-state index is 12.4. The fourth-order valence-electron chi connectivity index (χ4n) is 2.65. The highest BCUT2D eigenvalue weighted by Crippen LogP contribution is 2.20. The van der Waals surface area contributed by atoms with Crippen LogP contribution in [0.3, 0.4) is 0 Å². The minimum absolute atomic E-state index is 0.0204. The zero-order chi connectivity index (χ0) is 21.6. The molecular formula is C20H20F3N5O2. The van der Waals surface area contributed by atoms with E-state index in [1.807, 2.05) is 36.5 Å². The molecule has 10 heteroatoms. The molecule has 30 heavy (non-hydrogen) atoms. The number of nitrogens with one attached hydrogen (secondary N) is 1. The average Bonchev–Trinajstić information content (AvgIpc) is 3.19. The monoisotopic (exact) mass is 419 g/mol. The number of rotatable bonds is 7. The number of hydrogen-bond acceptors (Lipinski definition) is 4. The largest absolute Gasteiger partial charge is 0.468 e. The molecule has 1 aromatic carbocycles. The van der Waals surface area contributed by atoms with Crippen LogP contribution in [-0.2, 0) is 13.1 Å². The molecule has 0 aliphatic heterocycles. The van der Waals surface area contributed by atoms with Gasteiger partial charge in [-0.05, 0) is 18.2 Å². The number of carbonyl (C=O) groups excluding carboxylic acids is 1. The summed E-state index contributed by atoms with van der Waals surface area (Å²) >= 11 is 0. The zero-order valence-electron chi connectivity index (χ0n) is 16.1. The number of hydrogen-bond donors (Lipinski definition) is 1. The maximum atomic E-state index is 12.4. The van der Waals surface area contributed by atoms with Crippen LogP contribution in [0.15, 0.2) is 61.1 Å². The number of para-hydroxylation sites is 1. The molecule has 2 heterocycles. The van der Waals surface area contributed by atoms with Crippen LogP contribution in [0.1, 0.15) is 11.1 Å². The van der Waals surface area contributed by atoms with Gasteiger partial charge in [0.1, 0.15) is 0 Å². The third-order valence-electron chi connectivity index (χ3n) is 4.08. The molecule has 0 aliphatic carbocycles. The van der Waals surface area contributed by atoms with Gasteiger partial charge in [-0.25, -0.2) is 14.5 Å². The molecule has 0 atom stereocenters. The first-order chi connectivity index (χ1) is 14.3. The number of alkyl halides is 3. The smallest absolute Gasteiger partial charge is 0.422 e. The van der Waals surface area contributed by atoms with Crippen molar-refractivity contribution in [1.29, 1.82) is 0 Å². The number of ether oxygens (including phenoxy) is 1. The molecule has 2 aromatic heterocycles. The van der Waals surface area contributed by atoms with Crippen molar-refractivity contribution in [2.24, 2.45) is 0 Å². The number of pyridine rings is 1. The molecule has 0 radical (unpaired) electrons. The summed E-state index contributed by atoms with van der Waals surface area (Å²) < 4.78 is 43.6. The molecule has 0 fully saturated rings. The summed E-state index contributed by atoms with van der Waals surface area (Å²) in [7, 11) is 1.61. The second kappa shape index (κ2) is 9.29. The Morgan fingerprint density at radius 2 is 1.97 bits per heavy atom. The van der Waals surface area contributed by atoms with Gasteiger partial charge in [0.05, 0.1) is 18.4 Å². The van der Waals surface area contributed by atoms with E-state index in [4.69, 9.17) is 4.74 Å². The number of carbonyl (C=O) groups is 1. The average molecular weight is 419 g/mol. The van der Waals surface area contributed by atoms with Crippen molar-refractivity contribution in [3.8, 4) is 11.6 Å². The van der Waals surface area contributed by atoms with E-state index in [0.717, 1.165) is 11.3 Å². The Morgan fingerprint density at radius 3 is 2.70 bits per heavy atom. The van der Waals surface area contributed by atoms with E-state index in [9.17, 15) is 18.0 Å². The summed E-state index contributed by atoms with van der Waals surface area (Å²) in [6.45, 7) is -1.16. The first kappa shape index (κ1) is 21.2. The fourth-order valence-corrected chi connectivity index (χ4v) is 2.65. The second-order valence-electron chi connectivity index (χ2n) is 6.52. The SMILES string of the molecule is CN(Cc1cnn(-c2ccccc2)c1)C(=O)NCc1cccnc1OCC(F)(F)F. The van der Waals surface area contributed by atoms with Gasteiger partial charge in [0, 0.05) is 37.1 Å². The summed E-state index contributed by atoms with van der Waals surface area (Å²) in [6, 6.07) is 12.3. The maximum Gasteiger partial charge on any atom is 0.422 e. The Labute approximate surface area is 171 Å². The number of benzene rings is 1. The fraction of sp³-hybridized carbons (Fsp3) is 0.250. The number of aromatic nitrogens is 3. The van der Waals surface area contributed by atoms with Gasteiger partial charge < -0.3 is 15.0 Å². The molecule has 1 N–H and O–H groups in total. The molecule has 0 saturated heterocycles. The highest BCUT2D eigenvalue weighted by molar-refractivity contribution is 5.73. The molecule has 3 aromatic rings. The van der Waals surface area contributed by atoms with Crippen molar-refractivity contribution >= 4 is 6.03 Å². The molecule has 0 bridgehead atoms. The molecule has 7 nitrogen and oxygen atoms in total. The summed E-state index contributed by atoms with van der Waals surface area (Å²) in [5.41, 5.74) is 2.08. The van der Waals surface area contributed by atoms with E-state index in [0.29, 0.717) is 12.1 Å². The minimum Gasteiger partial charge on any atom is -0.468 e. The van der Waals surface area contributed by atoms with E-state index in [-0.39, 0.29) is 12.4 Å². The first-order valence-electron chi connectivity index (χ1n) is 9.03. The molecule has 0 saturated carbocycles. The van der Waals surface area contributed by atoms with Gasteiger partial charge in [-0.1, -0.05) is 24.3 Å². The van der Waals surface area contributed by atoms with E-state index in [2.05, 4.69) is 15.4 Å². The Bertz CT molecular complexity index is 976. The van der Waals surface area contributed by atoms with Crippen molar-refractivity contribution < 1.29 is 22.7 Å². The summed E-state index contributed by atoms with van der Waals surface area (Å²) in [4.78, 5) is 17.6. The predicted molar refractivity (Wildman–Crippen MR) is 103 cm³/mol. The van der Waals surface area contributed by atoms with Gasteiger partial charge in [-0.2, -0.15) is 18.3 Å². The lowest BCUT2D eigenvalue weighted by atomic mass is 10.2. The van der Waals surface area contributed by atoms with E-state index in [1.165, 1.54) is 11.1 Å². The highest BCUT2D eigenvalue weighted by Gasteiger charge is 2.29. The van der Waals surface area contributed by atoms with Crippen molar-refractivity contribution in [2.45, 2.75) is 19.3 Å². The van der Waals surface area contributed by atoms with Crippen LogP contribution in [0.4, 0.5) is 18.0 Å².